The molecule has 2 atom stereocenters. The zero-order valence-corrected chi connectivity index (χ0v) is 11.8. The fourth-order valence-electron chi connectivity index (χ4n) is 1.60. The zero-order chi connectivity index (χ0) is 13.5. The molecule has 0 aliphatic heterocycles. The standard InChI is InChI=1S/C11H11Cl2NO3S/c1-6-4-10(6)14-11(15)8-5-7(18(13,16)17)2-3-9(8)12/h2-3,5-6,10H,4H2,1H3,(H,14,15). The van der Waals surface area contributed by atoms with Gasteiger partial charge in [0.15, 0.2) is 0 Å². The van der Waals surface area contributed by atoms with Crippen molar-refractivity contribution in [3.8, 4) is 0 Å². The maximum absolute atomic E-state index is 11.9. The lowest BCUT2D eigenvalue weighted by Crippen LogP contribution is -2.26. The third-order valence-electron chi connectivity index (χ3n) is 2.89. The number of rotatable bonds is 3. The molecular formula is C11H11Cl2NO3S. The number of halogens is 2. The van der Waals surface area contributed by atoms with Gasteiger partial charge in [-0.1, -0.05) is 18.5 Å². The van der Waals surface area contributed by atoms with Crippen LogP contribution in [0.3, 0.4) is 0 Å². The summed E-state index contributed by atoms with van der Waals surface area (Å²) in [5.74, 6) is 0.0733. The Kier molecular flexibility index (Phi) is 3.58. The van der Waals surface area contributed by atoms with Crippen LogP contribution in [0, 0.1) is 5.92 Å². The first-order chi connectivity index (χ1) is 8.29. The van der Waals surface area contributed by atoms with Crippen LogP contribution in [0.4, 0.5) is 0 Å². The molecule has 0 heterocycles. The highest BCUT2D eigenvalue weighted by Gasteiger charge is 2.34. The van der Waals surface area contributed by atoms with E-state index in [0.717, 1.165) is 6.42 Å². The van der Waals surface area contributed by atoms with Crippen molar-refractivity contribution >= 4 is 37.2 Å². The maximum Gasteiger partial charge on any atom is 0.261 e. The maximum atomic E-state index is 11.9. The van der Waals surface area contributed by atoms with Crippen LogP contribution in [0.5, 0.6) is 0 Å². The summed E-state index contributed by atoms with van der Waals surface area (Å²) in [7, 11) is 1.36. The van der Waals surface area contributed by atoms with E-state index in [1.54, 1.807) is 0 Å². The Hall–Kier alpha value is -0.780. The first-order valence-corrected chi connectivity index (χ1v) is 8.03. The summed E-state index contributed by atoms with van der Waals surface area (Å²) in [6.07, 6.45) is 0.927. The van der Waals surface area contributed by atoms with Crippen LogP contribution in [0.15, 0.2) is 23.1 Å². The lowest BCUT2D eigenvalue weighted by Gasteiger charge is -2.07. The van der Waals surface area contributed by atoms with Crippen molar-refractivity contribution in [2.45, 2.75) is 24.3 Å². The summed E-state index contributed by atoms with van der Waals surface area (Å²) in [5, 5.41) is 2.98. The van der Waals surface area contributed by atoms with Crippen LogP contribution in [0.25, 0.3) is 0 Å². The van der Waals surface area contributed by atoms with Crippen molar-refractivity contribution in [2.75, 3.05) is 0 Å². The largest absolute Gasteiger partial charge is 0.349 e. The van der Waals surface area contributed by atoms with Crippen LogP contribution in [0.2, 0.25) is 5.02 Å². The first-order valence-electron chi connectivity index (χ1n) is 5.34. The fourth-order valence-corrected chi connectivity index (χ4v) is 2.58. The molecule has 2 rings (SSSR count). The zero-order valence-electron chi connectivity index (χ0n) is 9.48. The number of nitrogens with one attached hydrogen (secondary N) is 1. The molecule has 18 heavy (non-hydrogen) atoms. The van der Waals surface area contributed by atoms with Gasteiger partial charge in [0.05, 0.1) is 15.5 Å². The molecule has 1 aliphatic carbocycles. The van der Waals surface area contributed by atoms with Gasteiger partial charge in [-0.05, 0) is 30.5 Å². The van der Waals surface area contributed by atoms with Gasteiger partial charge < -0.3 is 5.32 Å². The molecule has 1 saturated carbocycles. The predicted octanol–water partition coefficient (Wildman–Crippen LogP) is 2.41. The Balaban J connectivity index is 2.29. The van der Waals surface area contributed by atoms with Crippen molar-refractivity contribution in [1.29, 1.82) is 0 Å². The number of hydrogen-bond acceptors (Lipinski definition) is 3. The number of carbonyl (C=O) groups excluding carboxylic acids is 1. The van der Waals surface area contributed by atoms with E-state index in [9.17, 15) is 13.2 Å². The molecule has 1 aliphatic rings. The van der Waals surface area contributed by atoms with Crippen molar-refractivity contribution in [3.63, 3.8) is 0 Å². The van der Waals surface area contributed by atoms with Gasteiger partial charge >= 0.3 is 0 Å². The molecule has 1 fully saturated rings. The fraction of sp³-hybridized carbons (Fsp3) is 0.364. The van der Waals surface area contributed by atoms with Crippen molar-refractivity contribution in [1.82, 2.24) is 5.32 Å². The van der Waals surface area contributed by atoms with E-state index in [1.807, 2.05) is 6.92 Å². The van der Waals surface area contributed by atoms with Crippen LogP contribution in [-0.2, 0) is 9.05 Å². The van der Waals surface area contributed by atoms with E-state index < -0.39 is 9.05 Å². The average Bonchev–Trinajstić information content (AvgIpc) is 2.92. The molecule has 1 amide bonds. The van der Waals surface area contributed by atoms with Gasteiger partial charge in [0.2, 0.25) is 0 Å². The molecule has 4 nitrogen and oxygen atoms in total. The highest BCUT2D eigenvalue weighted by molar-refractivity contribution is 8.13. The van der Waals surface area contributed by atoms with Gasteiger partial charge in [0.25, 0.3) is 15.0 Å². The topological polar surface area (TPSA) is 63.2 Å². The highest BCUT2D eigenvalue weighted by Crippen LogP contribution is 2.30. The summed E-state index contributed by atoms with van der Waals surface area (Å²) in [4.78, 5) is 11.8. The quantitative estimate of drug-likeness (QED) is 0.872. The molecule has 7 heteroatoms. The lowest BCUT2D eigenvalue weighted by atomic mass is 10.2. The molecule has 1 aromatic carbocycles. The SMILES string of the molecule is CC1CC1NC(=O)c1cc(S(=O)(=O)Cl)ccc1Cl. The average molecular weight is 308 g/mol. The van der Waals surface area contributed by atoms with E-state index in [4.69, 9.17) is 22.3 Å². The van der Waals surface area contributed by atoms with E-state index in [1.165, 1.54) is 18.2 Å². The molecule has 0 saturated heterocycles. The van der Waals surface area contributed by atoms with Crippen LogP contribution in [0.1, 0.15) is 23.7 Å². The molecule has 2 unspecified atom stereocenters. The smallest absolute Gasteiger partial charge is 0.261 e. The normalized spacial score (nSPS) is 22.6. The molecule has 1 N–H and O–H groups in total. The van der Waals surface area contributed by atoms with E-state index in [-0.39, 0.29) is 27.4 Å². The highest BCUT2D eigenvalue weighted by atomic mass is 35.7. The lowest BCUT2D eigenvalue weighted by molar-refractivity contribution is 0.0949. The molecule has 0 bridgehead atoms. The Morgan fingerprint density at radius 3 is 2.56 bits per heavy atom. The second-order valence-corrected chi connectivity index (χ2v) is 7.35. The number of benzene rings is 1. The monoisotopic (exact) mass is 307 g/mol. The van der Waals surface area contributed by atoms with Crippen LogP contribution >= 0.6 is 22.3 Å². The Bertz CT molecular complexity index is 600. The Morgan fingerprint density at radius 2 is 2.06 bits per heavy atom. The third kappa shape index (κ3) is 2.96. The third-order valence-corrected chi connectivity index (χ3v) is 4.57. The van der Waals surface area contributed by atoms with E-state index in [0.29, 0.717) is 5.92 Å². The molecule has 0 aromatic heterocycles. The van der Waals surface area contributed by atoms with Crippen molar-refractivity contribution < 1.29 is 13.2 Å². The minimum Gasteiger partial charge on any atom is -0.349 e. The Labute approximate surface area is 115 Å². The summed E-state index contributed by atoms with van der Waals surface area (Å²) in [5.41, 5.74) is 0.123. The van der Waals surface area contributed by atoms with Crippen LogP contribution in [-0.4, -0.2) is 20.4 Å². The van der Waals surface area contributed by atoms with Gasteiger partial charge in [-0.15, -0.1) is 0 Å². The summed E-state index contributed by atoms with van der Waals surface area (Å²) >= 11 is 5.88. The van der Waals surface area contributed by atoms with Crippen molar-refractivity contribution in [2.24, 2.45) is 5.92 Å². The Morgan fingerprint density at radius 1 is 1.44 bits per heavy atom. The van der Waals surface area contributed by atoms with Gasteiger partial charge in [-0.3, -0.25) is 4.79 Å². The van der Waals surface area contributed by atoms with E-state index >= 15 is 0 Å². The van der Waals surface area contributed by atoms with Crippen LogP contribution < -0.4 is 5.32 Å². The second kappa shape index (κ2) is 4.72. The minimum atomic E-state index is -3.87. The minimum absolute atomic E-state index is 0.123. The van der Waals surface area contributed by atoms with Gasteiger partial charge in [0.1, 0.15) is 0 Å². The van der Waals surface area contributed by atoms with E-state index in [2.05, 4.69) is 5.32 Å². The summed E-state index contributed by atoms with van der Waals surface area (Å²) in [6, 6.07) is 3.95. The molecular weight excluding hydrogens is 297 g/mol. The van der Waals surface area contributed by atoms with Gasteiger partial charge in [-0.25, -0.2) is 8.42 Å². The van der Waals surface area contributed by atoms with Gasteiger partial charge in [-0.2, -0.15) is 0 Å². The van der Waals surface area contributed by atoms with Gasteiger partial charge in [0, 0.05) is 16.7 Å². The molecule has 0 spiro atoms. The predicted molar refractivity (Wildman–Crippen MR) is 69.5 cm³/mol. The number of amides is 1. The van der Waals surface area contributed by atoms with Crippen molar-refractivity contribution in [3.05, 3.63) is 28.8 Å². The number of carbonyl (C=O) groups is 1. The molecule has 1 aromatic rings. The second-order valence-electron chi connectivity index (χ2n) is 4.37. The number of hydrogen-bond donors (Lipinski definition) is 1. The molecule has 98 valence electrons. The summed E-state index contributed by atoms with van der Waals surface area (Å²) < 4.78 is 22.4. The molecule has 0 radical (unpaired) electrons. The summed E-state index contributed by atoms with van der Waals surface area (Å²) in [6.45, 7) is 2.02. The first kappa shape index (κ1) is 13.6.